The third-order valence-corrected chi connectivity index (χ3v) is 12.9. The number of ether oxygens (including phenoxy) is 5. The van der Waals surface area contributed by atoms with Crippen LogP contribution in [0.4, 0.5) is 0 Å². The van der Waals surface area contributed by atoms with Gasteiger partial charge in [-0.1, -0.05) is 43.7 Å². The fourth-order valence-corrected chi connectivity index (χ4v) is 9.79. The Morgan fingerprint density at radius 2 is 1.88 bits per heavy atom. The van der Waals surface area contributed by atoms with Gasteiger partial charge in [-0.25, -0.2) is 4.79 Å². The number of aliphatic hydroxyl groups is 1. The summed E-state index contributed by atoms with van der Waals surface area (Å²) in [7, 11) is 0. The topological polar surface area (TPSA) is 153 Å². The van der Waals surface area contributed by atoms with Crippen LogP contribution in [0.3, 0.4) is 0 Å². The molecule has 0 radical (unpaired) electrons. The van der Waals surface area contributed by atoms with E-state index in [1.807, 2.05) is 18.2 Å². The highest BCUT2D eigenvalue weighted by Gasteiger charge is 2.56. The molecule has 3 heterocycles. The van der Waals surface area contributed by atoms with E-state index < -0.39 is 53.8 Å². The average Bonchev–Trinajstić information content (AvgIpc) is 3.49. The van der Waals surface area contributed by atoms with Crippen LogP contribution in [0.1, 0.15) is 122 Å². The number of carbonyl (C=O) groups excluding carboxylic acids is 4. The molecule has 12 nitrogen and oxygen atoms in total. The molecule has 3 aliphatic carbocycles. The number of allylic oxidation sites excluding steroid dienone is 1. The van der Waals surface area contributed by atoms with Gasteiger partial charge in [0, 0.05) is 25.0 Å². The third kappa shape index (κ3) is 8.78. The number of nitrogens with zero attached hydrogens (tertiary/aromatic N) is 1. The number of esters is 2. The van der Waals surface area contributed by atoms with Crippen molar-refractivity contribution in [3.8, 4) is 0 Å². The first-order valence-corrected chi connectivity index (χ1v) is 20.6. The standard InChI is InChI=1S/C44H60N2O10/c1-42(2,3)56-37(48)16-14-29(24-47)45-39(49)33-12-9-19-46(33)40(50)28-21-34-38(53-25-52-34)35(22-28)54-41(51)30-11-8-7-10-26(30)20-27-13-15-36-44(6,55-36)18-17-32-31(27)23-43(32,4)5/h7-8,10-11,20-21,29,31-36,38,47H,9,12-19,22-25H2,1-6H3,(H,45,49). The molecule has 7 rings (SSSR count). The summed E-state index contributed by atoms with van der Waals surface area (Å²) in [5.41, 5.74) is 2.66. The molecule has 1 aromatic carbocycles. The van der Waals surface area contributed by atoms with Gasteiger partial charge in [-0.2, -0.15) is 0 Å². The predicted octanol–water partition coefficient (Wildman–Crippen LogP) is 5.65. The number of likely N-dealkylation sites (tertiary alicyclic amines) is 1. The van der Waals surface area contributed by atoms with E-state index >= 15 is 0 Å². The van der Waals surface area contributed by atoms with Gasteiger partial charge < -0.3 is 39.0 Å². The van der Waals surface area contributed by atoms with Crippen molar-refractivity contribution < 1.29 is 48.0 Å². The first-order valence-electron chi connectivity index (χ1n) is 20.6. The largest absolute Gasteiger partial charge is 0.460 e. The molecule has 0 bridgehead atoms. The fraction of sp³-hybridized carbons (Fsp3) is 0.682. The lowest BCUT2D eigenvalue weighted by Gasteiger charge is -2.53. The van der Waals surface area contributed by atoms with Crippen molar-refractivity contribution in [1.29, 1.82) is 0 Å². The van der Waals surface area contributed by atoms with E-state index in [0.717, 1.165) is 37.7 Å². The van der Waals surface area contributed by atoms with Gasteiger partial charge in [0.2, 0.25) is 11.8 Å². The van der Waals surface area contributed by atoms with Gasteiger partial charge in [-0.3, -0.25) is 14.4 Å². The van der Waals surface area contributed by atoms with Crippen LogP contribution >= 0.6 is 0 Å². The molecule has 1 aromatic rings. The van der Waals surface area contributed by atoms with Crippen molar-refractivity contribution in [1.82, 2.24) is 10.2 Å². The highest BCUT2D eigenvalue weighted by atomic mass is 16.7. The van der Waals surface area contributed by atoms with Crippen LogP contribution in [0.2, 0.25) is 0 Å². The van der Waals surface area contributed by atoms with Gasteiger partial charge in [0.05, 0.1) is 29.9 Å². The summed E-state index contributed by atoms with van der Waals surface area (Å²) in [5, 5.41) is 12.8. The number of rotatable bonds is 10. The zero-order chi connectivity index (χ0) is 40.0. The van der Waals surface area contributed by atoms with Gasteiger partial charge in [0.1, 0.15) is 36.7 Å². The average molecular weight is 777 g/mol. The van der Waals surface area contributed by atoms with Crippen LogP contribution in [0.15, 0.2) is 41.5 Å². The van der Waals surface area contributed by atoms with E-state index in [1.54, 1.807) is 37.8 Å². The fourth-order valence-electron chi connectivity index (χ4n) is 9.79. The smallest absolute Gasteiger partial charge is 0.339 e. The maximum absolute atomic E-state index is 14.1. The zero-order valence-corrected chi connectivity index (χ0v) is 33.8. The number of hydrogen-bond donors (Lipinski definition) is 2. The van der Waals surface area contributed by atoms with Crippen LogP contribution in [-0.2, 0) is 38.1 Å². The van der Waals surface area contributed by atoms with E-state index in [9.17, 15) is 24.3 Å². The molecule has 3 aliphatic heterocycles. The lowest BCUT2D eigenvalue weighted by Crippen LogP contribution is -2.51. The number of benzene rings is 1. The molecule has 3 saturated heterocycles. The van der Waals surface area contributed by atoms with Gasteiger partial charge in [0.15, 0.2) is 0 Å². The van der Waals surface area contributed by atoms with Crippen LogP contribution in [0.25, 0.3) is 6.08 Å². The van der Waals surface area contributed by atoms with E-state index in [-0.39, 0.29) is 55.7 Å². The Hall–Kier alpha value is -3.58. The quantitative estimate of drug-likeness (QED) is 0.225. The van der Waals surface area contributed by atoms with Gasteiger partial charge in [-0.05, 0) is 114 Å². The van der Waals surface area contributed by atoms with Gasteiger partial charge in [-0.15, -0.1) is 0 Å². The molecular weight excluding hydrogens is 716 g/mol. The molecule has 5 fully saturated rings. The molecule has 9 atom stereocenters. The Morgan fingerprint density at radius 3 is 2.62 bits per heavy atom. The monoisotopic (exact) mass is 776 g/mol. The van der Waals surface area contributed by atoms with Crippen molar-refractivity contribution in [3.63, 3.8) is 0 Å². The number of fused-ring (bicyclic) bond motifs is 3. The molecule has 6 aliphatic rings. The van der Waals surface area contributed by atoms with Crippen LogP contribution in [0.5, 0.6) is 0 Å². The Morgan fingerprint density at radius 1 is 1.09 bits per heavy atom. The first kappa shape index (κ1) is 40.6. The summed E-state index contributed by atoms with van der Waals surface area (Å²) in [5.74, 6) is -0.585. The molecule has 12 heteroatoms. The number of nitrogens with one attached hydrogen (secondary N) is 1. The predicted molar refractivity (Wildman–Crippen MR) is 207 cm³/mol. The second-order valence-corrected chi connectivity index (χ2v) is 18.6. The SMILES string of the molecule is CC(C)(C)OC(=O)CCC(CO)NC(=O)C1CCCN1C(=O)C1=CC2OCOC2C(OC(=O)c2ccccc2C=C2CCC3OC3(C)CCC3C2CC3(C)C)C1. The number of carbonyl (C=O) groups is 4. The first-order chi connectivity index (χ1) is 26.5. The number of amides is 2. The second kappa shape index (κ2) is 16.0. The Labute approximate surface area is 330 Å². The third-order valence-electron chi connectivity index (χ3n) is 12.9. The number of epoxide rings is 1. The molecule has 2 amide bonds. The molecule has 9 unspecified atom stereocenters. The van der Waals surface area contributed by atoms with Crippen LogP contribution < -0.4 is 5.32 Å². The minimum atomic E-state index is -0.785. The highest BCUT2D eigenvalue weighted by Crippen LogP contribution is 2.59. The van der Waals surface area contributed by atoms with E-state index in [2.05, 4.69) is 32.2 Å². The maximum Gasteiger partial charge on any atom is 0.339 e. The van der Waals surface area contributed by atoms with Crippen molar-refractivity contribution in [2.45, 2.75) is 153 Å². The Kier molecular flexibility index (Phi) is 11.6. The van der Waals surface area contributed by atoms with Crippen LogP contribution in [0, 0.1) is 17.3 Å². The molecule has 2 saturated carbocycles. The molecule has 56 heavy (non-hydrogen) atoms. The van der Waals surface area contributed by atoms with Crippen molar-refractivity contribution in [2.75, 3.05) is 19.9 Å². The van der Waals surface area contributed by atoms with Crippen LogP contribution in [-0.4, -0.2) is 101 Å². The lowest BCUT2D eigenvalue weighted by atomic mass is 9.52. The summed E-state index contributed by atoms with van der Waals surface area (Å²) >= 11 is 0. The van der Waals surface area contributed by atoms with Crippen molar-refractivity contribution in [2.24, 2.45) is 17.3 Å². The summed E-state index contributed by atoms with van der Waals surface area (Å²) in [4.78, 5) is 55.5. The lowest BCUT2D eigenvalue weighted by molar-refractivity contribution is -0.155. The summed E-state index contributed by atoms with van der Waals surface area (Å²) in [6, 6.07) is 6.12. The van der Waals surface area contributed by atoms with Gasteiger partial charge in [0.25, 0.3) is 0 Å². The molecule has 0 spiro atoms. The van der Waals surface area contributed by atoms with E-state index in [1.165, 1.54) is 5.57 Å². The molecule has 0 aromatic heterocycles. The van der Waals surface area contributed by atoms with Crippen molar-refractivity contribution in [3.05, 3.63) is 52.6 Å². The zero-order valence-electron chi connectivity index (χ0n) is 33.8. The number of hydrogen-bond acceptors (Lipinski definition) is 10. The normalized spacial score (nSPS) is 33.3. The maximum atomic E-state index is 14.1. The van der Waals surface area contributed by atoms with E-state index in [4.69, 9.17) is 23.7 Å². The number of aliphatic hydroxyl groups excluding tert-OH is 1. The summed E-state index contributed by atoms with van der Waals surface area (Å²) in [6.45, 7) is 12.3. The minimum absolute atomic E-state index is 0.00723. The summed E-state index contributed by atoms with van der Waals surface area (Å²) in [6.07, 6.45) is 8.93. The van der Waals surface area contributed by atoms with Gasteiger partial charge >= 0.3 is 11.9 Å². The second-order valence-electron chi connectivity index (χ2n) is 18.6. The Balaban J connectivity index is 1.03. The Bertz CT molecular complexity index is 1750. The summed E-state index contributed by atoms with van der Waals surface area (Å²) < 4.78 is 29.5. The molecular formula is C44H60N2O10. The van der Waals surface area contributed by atoms with Crippen molar-refractivity contribution >= 4 is 29.8 Å². The highest BCUT2D eigenvalue weighted by molar-refractivity contribution is 5.98. The van der Waals surface area contributed by atoms with E-state index in [0.29, 0.717) is 42.4 Å². The molecule has 306 valence electrons. The minimum Gasteiger partial charge on any atom is -0.460 e. The molecule has 2 N–H and O–H groups in total.